The van der Waals surface area contributed by atoms with Crippen molar-refractivity contribution in [2.45, 2.75) is 71.2 Å². The summed E-state index contributed by atoms with van der Waals surface area (Å²) in [7, 11) is -2.01. The van der Waals surface area contributed by atoms with Crippen LogP contribution in [-0.4, -0.2) is 26.0 Å². The summed E-state index contributed by atoms with van der Waals surface area (Å²) in [6.45, 7) is 13.6. The monoisotopic (exact) mass is 408 g/mol. The molecule has 29 heavy (non-hydrogen) atoms. The molecule has 1 aromatic rings. The van der Waals surface area contributed by atoms with Gasteiger partial charge in [-0.15, -0.1) is 0 Å². The lowest BCUT2D eigenvalue weighted by molar-refractivity contribution is 0.0837. The summed E-state index contributed by atoms with van der Waals surface area (Å²) < 4.78 is 6.90. The molecule has 0 N–H and O–H groups in total. The van der Waals surface area contributed by atoms with Crippen LogP contribution in [0.3, 0.4) is 0 Å². The first-order chi connectivity index (χ1) is 13.5. The zero-order valence-electron chi connectivity index (χ0n) is 18.5. The van der Waals surface area contributed by atoms with Crippen molar-refractivity contribution in [1.29, 1.82) is 0 Å². The van der Waals surface area contributed by atoms with Crippen molar-refractivity contribution >= 4 is 19.9 Å². The van der Waals surface area contributed by atoms with Gasteiger partial charge in [-0.1, -0.05) is 63.6 Å². The highest BCUT2D eigenvalue weighted by Gasteiger charge is 2.48. The minimum Gasteiger partial charge on any atom is -0.413 e. The van der Waals surface area contributed by atoms with Crippen LogP contribution in [0.2, 0.25) is 18.1 Å². The molecule has 4 rings (SSSR count). The van der Waals surface area contributed by atoms with Gasteiger partial charge in [0.1, 0.15) is 0 Å². The third kappa shape index (κ3) is 3.30. The minimum atomic E-state index is -2.01. The summed E-state index contributed by atoms with van der Waals surface area (Å²) in [5, 5.41) is 0.0996. The van der Waals surface area contributed by atoms with E-state index in [4.69, 9.17) is 4.43 Å². The second-order valence-electron chi connectivity index (χ2n) is 10.5. The molecule has 3 atom stereocenters. The van der Waals surface area contributed by atoms with E-state index in [0.29, 0.717) is 29.0 Å². The molecule has 3 aliphatic carbocycles. The average Bonchev–Trinajstić information content (AvgIpc) is 2.64. The maximum Gasteiger partial charge on any atom is 0.192 e. The molecule has 0 spiro atoms. The second kappa shape index (κ2) is 6.88. The van der Waals surface area contributed by atoms with Gasteiger partial charge in [0.05, 0.1) is 6.10 Å². The van der Waals surface area contributed by atoms with E-state index in [0.717, 1.165) is 18.4 Å². The van der Waals surface area contributed by atoms with Crippen molar-refractivity contribution in [3.63, 3.8) is 0 Å². The summed E-state index contributed by atoms with van der Waals surface area (Å²) in [5.41, 5.74) is 3.83. The van der Waals surface area contributed by atoms with Crippen molar-refractivity contribution in [1.82, 2.24) is 0 Å². The lowest BCUT2D eigenvalue weighted by Crippen LogP contribution is -2.49. The van der Waals surface area contributed by atoms with Crippen LogP contribution in [0.25, 0.3) is 0 Å². The van der Waals surface area contributed by atoms with E-state index < -0.39 is 8.32 Å². The minimum absolute atomic E-state index is 0.0233. The third-order valence-electron chi connectivity index (χ3n) is 7.38. The largest absolute Gasteiger partial charge is 0.413 e. The molecular formula is C25H32O3Si. The molecule has 0 unspecified atom stereocenters. The Hall–Kier alpha value is -1.78. The van der Waals surface area contributed by atoms with Gasteiger partial charge in [0, 0.05) is 28.2 Å². The zero-order chi connectivity index (χ0) is 21.1. The lowest BCUT2D eigenvalue weighted by Gasteiger charge is -2.47. The summed E-state index contributed by atoms with van der Waals surface area (Å²) in [4.78, 5) is 26.8. The maximum absolute atomic E-state index is 13.6. The first-order valence-electron chi connectivity index (χ1n) is 10.8. The number of benzene rings is 1. The smallest absolute Gasteiger partial charge is 0.192 e. The second-order valence-corrected chi connectivity index (χ2v) is 15.3. The summed E-state index contributed by atoms with van der Waals surface area (Å²) in [5.74, 6) is 0.504. The molecule has 3 nitrogen and oxygen atoms in total. The number of ketones is 2. The number of hydrogen-bond acceptors (Lipinski definition) is 3. The number of carbonyl (C=O) groups excluding carboxylic acids is 2. The van der Waals surface area contributed by atoms with Crippen molar-refractivity contribution in [3.05, 3.63) is 58.2 Å². The molecule has 4 heteroatoms. The van der Waals surface area contributed by atoms with Gasteiger partial charge in [-0.05, 0) is 43.3 Å². The first-order valence-corrected chi connectivity index (χ1v) is 13.7. The molecule has 0 amide bonds. The Labute approximate surface area is 175 Å². The number of allylic oxidation sites excluding steroid dienone is 2. The van der Waals surface area contributed by atoms with Crippen LogP contribution in [0.4, 0.5) is 0 Å². The molecule has 1 fully saturated rings. The topological polar surface area (TPSA) is 43.4 Å². The first kappa shape index (κ1) is 20.5. The molecule has 0 heterocycles. The predicted molar refractivity (Wildman–Crippen MR) is 119 cm³/mol. The highest BCUT2D eigenvalue weighted by molar-refractivity contribution is 6.74. The molecule has 1 saturated carbocycles. The van der Waals surface area contributed by atoms with Gasteiger partial charge in [0.25, 0.3) is 0 Å². The normalized spacial score (nSPS) is 27.2. The van der Waals surface area contributed by atoms with Crippen molar-refractivity contribution in [2.75, 3.05) is 0 Å². The Kier molecular flexibility index (Phi) is 4.86. The molecule has 1 aromatic carbocycles. The Balaban J connectivity index is 1.79. The van der Waals surface area contributed by atoms with Gasteiger partial charge in [0.2, 0.25) is 0 Å². The van der Waals surface area contributed by atoms with Crippen LogP contribution in [-0.2, 0) is 4.43 Å². The average molecular weight is 409 g/mol. The number of fused-ring (bicyclic) bond motifs is 3. The van der Waals surface area contributed by atoms with E-state index in [2.05, 4.69) is 46.9 Å². The van der Waals surface area contributed by atoms with E-state index in [9.17, 15) is 9.59 Å². The molecule has 154 valence electrons. The summed E-state index contributed by atoms with van der Waals surface area (Å²) in [6, 6.07) is 7.27. The predicted octanol–water partition coefficient (Wildman–Crippen LogP) is 6.13. The molecule has 0 saturated heterocycles. The molecular weight excluding hydrogens is 376 g/mol. The molecule has 0 aliphatic heterocycles. The van der Waals surface area contributed by atoms with Gasteiger partial charge in [-0.3, -0.25) is 9.59 Å². The van der Waals surface area contributed by atoms with Crippen molar-refractivity contribution < 1.29 is 14.0 Å². The molecule has 0 radical (unpaired) electrons. The Morgan fingerprint density at radius 1 is 1.03 bits per heavy atom. The van der Waals surface area contributed by atoms with E-state index in [-0.39, 0.29) is 28.6 Å². The fourth-order valence-electron chi connectivity index (χ4n) is 4.85. The van der Waals surface area contributed by atoms with Crippen molar-refractivity contribution in [2.24, 2.45) is 11.8 Å². The standard InChI is InChI=1S/C25H32O3Si/c1-15-13-16-11-12-19-22(24(27)18-10-8-7-9-17(18)23(19)26)21(16)20(14-15)28-29(5,6)25(2,3)4/h7-11,15,20-21H,12-14H2,1-6H3/t15-,20-,21-/m1/s1. The highest BCUT2D eigenvalue weighted by Crippen LogP contribution is 2.49. The number of rotatable bonds is 2. The van der Waals surface area contributed by atoms with E-state index in [1.807, 2.05) is 12.1 Å². The van der Waals surface area contributed by atoms with Crippen LogP contribution in [0, 0.1) is 11.8 Å². The maximum atomic E-state index is 13.6. The SMILES string of the molecule is C[C@@H]1CC2=CCC3=C(C(=O)c4ccccc4C3=O)[C@H]2[C@H](O[Si](C)(C)C(C)(C)C)C1. The molecule has 0 bridgehead atoms. The molecule has 0 aromatic heterocycles. The van der Waals surface area contributed by atoms with Gasteiger partial charge in [-0.25, -0.2) is 0 Å². The Morgan fingerprint density at radius 3 is 2.28 bits per heavy atom. The highest BCUT2D eigenvalue weighted by atomic mass is 28.4. The van der Waals surface area contributed by atoms with Crippen LogP contribution in [0.1, 0.15) is 67.7 Å². The van der Waals surface area contributed by atoms with E-state index in [1.165, 1.54) is 5.57 Å². The molecule has 3 aliphatic rings. The number of hydrogen-bond donors (Lipinski definition) is 0. The van der Waals surface area contributed by atoms with Crippen LogP contribution in [0.15, 0.2) is 47.1 Å². The summed E-state index contributed by atoms with van der Waals surface area (Å²) in [6.07, 6.45) is 4.68. The van der Waals surface area contributed by atoms with Crippen molar-refractivity contribution in [3.8, 4) is 0 Å². The van der Waals surface area contributed by atoms with Gasteiger partial charge >= 0.3 is 0 Å². The third-order valence-corrected chi connectivity index (χ3v) is 11.9. The van der Waals surface area contributed by atoms with Crippen LogP contribution < -0.4 is 0 Å². The fourth-order valence-corrected chi connectivity index (χ4v) is 6.19. The number of carbonyl (C=O) groups is 2. The van der Waals surface area contributed by atoms with Gasteiger partial charge < -0.3 is 4.43 Å². The number of Topliss-reactive ketones (excluding diaryl/α,β-unsaturated/α-hetero) is 2. The van der Waals surface area contributed by atoms with E-state index in [1.54, 1.807) is 12.1 Å². The Bertz CT molecular complexity index is 945. The fraction of sp³-hybridized carbons (Fsp3) is 0.520. The zero-order valence-corrected chi connectivity index (χ0v) is 19.5. The van der Waals surface area contributed by atoms with Gasteiger partial charge in [-0.2, -0.15) is 0 Å². The van der Waals surface area contributed by atoms with E-state index >= 15 is 0 Å². The summed E-state index contributed by atoms with van der Waals surface area (Å²) >= 11 is 0. The quantitative estimate of drug-likeness (QED) is 0.437. The lowest BCUT2D eigenvalue weighted by atomic mass is 9.65. The van der Waals surface area contributed by atoms with Crippen LogP contribution >= 0.6 is 0 Å². The Morgan fingerprint density at radius 2 is 1.66 bits per heavy atom. The van der Waals surface area contributed by atoms with Crippen LogP contribution in [0.5, 0.6) is 0 Å². The van der Waals surface area contributed by atoms with Gasteiger partial charge in [0.15, 0.2) is 19.9 Å².